The third kappa shape index (κ3) is 2.48. The summed E-state index contributed by atoms with van der Waals surface area (Å²) in [5.74, 6) is -0.842. The van der Waals surface area contributed by atoms with Gasteiger partial charge in [0.15, 0.2) is 0 Å². The van der Waals surface area contributed by atoms with Crippen LogP contribution in [0.25, 0.3) is 0 Å². The van der Waals surface area contributed by atoms with Gasteiger partial charge in [0.1, 0.15) is 0 Å². The van der Waals surface area contributed by atoms with E-state index in [1.54, 1.807) is 6.07 Å². The van der Waals surface area contributed by atoms with Crippen LogP contribution in [0.4, 0.5) is 0 Å². The Bertz CT molecular complexity index is 359. The summed E-state index contributed by atoms with van der Waals surface area (Å²) in [6, 6.07) is 3.79. The normalized spacial score (nSPS) is 10.2. The van der Waals surface area contributed by atoms with Crippen molar-refractivity contribution in [3.05, 3.63) is 33.8 Å². The summed E-state index contributed by atoms with van der Waals surface area (Å²) < 4.78 is 0. The highest BCUT2D eigenvalue weighted by Crippen LogP contribution is 2.23. The van der Waals surface area contributed by atoms with Crippen molar-refractivity contribution < 1.29 is 9.90 Å². The Morgan fingerprint density at radius 3 is 2.64 bits per heavy atom. The first kappa shape index (κ1) is 11.1. The van der Waals surface area contributed by atoms with E-state index in [0.717, 1.165) is 23.1 Å². The Morgan fingerprint density at radius 1 is 1.50 bits per heavy atom. The molecule has 3 heteroatoms. The number of carboxylic acids is 1. The van der Waals surface area contributed by atoms with Crippen LogP contribution >= 0.6 is 11.6 Å². The largest absolute Gasteiger partial charge is 0.481 e. The Kier molecular flexibility index (Phi) is 3.53. The van der Waals surface area contributed by atoms with Gasteiger partial charge in [0.05, 0.1) is 6.42 Å². The smallest absolute Gasteiger partial charge is 0.307 e. The third-order valence-electron chi connectivity index (χ3n) is 2.14. The first-order valence-electron chi connectivity index (χ1n) is 4.54. The maximum atomic E-state index is 10.6. The van der Waals surface area contributed by atoms with Gasteiger partial charge in [-0.25, -0.2) is 0 Å². The van der Waals surface area contributed by atoms with Crippen LogP contribution in [-0.4, -0.2) is 11.1 Å². The van der Waals surface area contributed by atoms with Gasteiger partial charge in [-0.05, 0) is 36.1 Å². The molecule has 0 aromatic heterocycles. The molecule has 1 aromatic carbocycles. The molecule has 0 fully saturated rings. The summed E-state index contributed by atoms with van der Waals surface area (Å²) in [4.78, 5) is 10.6. The van der Waals surface area contributed by atoms with Crippen LogP contribution in [-0.2, 0) is 17.6 Å². The number of carboxylic acid groups (broad SMARTS) is 1. The van der Waals surface area contributed by atoms with Gasteiger partial charge in [-0.3, -0.25) is 4.79 Å². The van der Waals surface area contributed by atoms with Crippen molar-refractivity contribution in [1.29, 1.82) is 0 Å². The van der Waals surface area contributed by atoms with Crippen LogP contribution in [0.1, 0.15) is 23.6 Å². The number of hydrogen-bond donors (Lipinski definition) is 1. The summed E-state index contributed by atoms with van der Waals surface area (Å²) in [7, 11) is 0. The molecule has 76 valence electrons. The average molecular weight is 213 g/mol. The van der Waals surface area contributed by atoms with Crippen molar-refractivity contribution in [3.63, 3.8) is 0 Å². The molecule has 0 bridgehead atoms. The van der Waals surface area contributed by atoms with Gasteiger partial charge in [-0.1, -0.05) is 24.6 Å². The lowest BCUT2D eigenvalue weighted by molar-refractivity contribution is -0.136. The number of carbonyl (C=O) groups is 1. The maximum Gasteiger partial charge on any atom is 0.307 e. The second-order valence-corrected chi connectivity index (χ2v) is 3.72. The Hall–Kier alpha value is -1.02. The van der Waals surface area contributed by atoms with Crippen LogP contribution in [0.2, 0.25) is 5.02 Å². The van der Waals surface area contributed by atoms with Crippen LogP contribution < -0.4 is 0 Å². The molecule has 0 amide bonds. The summed E-state index contributed by atoms with van der Waals surface area (Å²) in [5, 5.41) is 9.28. The predicted octanol–water partition coefficient (Wildman–Crippen LogP) is 2.84. The molecule has 1 N–H and O–H groups in total. The Balaban J connectivity index is 3.18. The van der Waals surface area contributed by atoms with Crippen molar-refractivity contribution in [2.75, 3.05) is 0 Å². The molecule has 2 nitrogen and oxygen atoms in total. The number of rotatable bonds is 3. The average Bonchev–Trinajstić information content (AvgIpc) is 2.08. The first-order chi connectivity index (χ1) is 6.54. The van der Waals surface area contributed by atoms with Gasteiger partial charge in [0, 0.05) is 5.02 Å². The fourth-order valence-electron chi connectivity index (χ4n) is 1.51. The van der Waals surface area contributed by atoms with E-state index in [-0.39, 0.29) is 6.42 Å². The molecule has 0 aliphatic carbocycles. The van der Waals surface area contributed by atoms with E-state index in [1.165, 1.54) is 0 Å². The number of benzene rings is 1. The van der Waals surface area contributed by atoms with E-state index in [0.29, 0.717) is 5.02 Å². The van der Waals surface area contributed by atoms with Crippen molar-refractivity contribution in [1.82, 2.24) is 0 Å². The third-order valence-corrected chi connectivity index (χ3v) is 2.48. The zero-order chi connectivity index (χ0) is 10.7. The Labute approximate surface area is 88.5 Å². The minimum atomic E-state index is -0.842. The lowest BCUT2D eigenvalue weighted by Crippen LogP contribution is -2.04. The fourth-order valence-corrected chi connectivity index (χ4v) is 1.87. The van der Waals surface area contributed by atoms with E-state index < -0.39 is 5.97 Å². The molecule has 1 rings (SSSR count). The highest BCUT2D eigenvalue weighted by molar-refractivity contribution is 6.31. The van der Waals surface area contributed by atoms with Crippen LogP contribution in [0, 0.1) is 6.92 Å². The number of aliphatic carboxylic acids is 1. The maximum absolute atomic E-state index is 10.6. The van der Waals surface area contributed by atoms with E-state index >= 15 is 0 Å². The van der Waals surface area contributed by atoms with Gasteiger partial charge in [-0.15, -0.1) is 0 Å². The molecule has 0 aliphatic rings. The number of hydrogen-bond acceptors (Lipinski definition) is 1. The monoisotopic (exact) mass is 212 g/mol. The zero-order valence-corrected chi connectivity index (χ0v) is 9.06. The minimum Gasteiger partial charge on any atom is -0.481 e. The standard InChI is InChI=1S/C11H13ClO2/c1-3-8-4-7(2)5-10(12)9(8)6-11(13)14/h4-5H,3,6H2,1-2H3,(H,13,14). The fraction of sp³-hybridized carbons (Fsp3) is 0.364. The molecule has 0 radical (unpaired) electrons. The summed E-state index contributed by atoms with van der Waals surface area (Å²) in [6.07, 6.45) is 0.812. The SMILES string of the molecule is CCc1cc(C)cc(Cl)c1CC(=O)O. The summed E-state index contributed by atoms with van der Waals surface area (Å²) >= 11 is 5.99. The second kappa shape index (κ2) is 4.47. The lowest BCUT2D eigenvalue weighted by atomic mass is 10.00. The Morgan fingerprint density at radius 2 is 2.14 bits per heavy atom. The molecule has 0 spiro atoms. The topological polar surface area (TPSA) is 37.3 Å². The highest BCUT2D eigenvalue weighted by atomic mass is 35.5. The molecular weight excluding hydrogens is 200 g/mol. The van der Waals surface area contributed by atoms with Crippen molar-refractivity contribution in [2.24, 2.45) is 0 Å². The molecule has 0 saturated carbocycles. The van der Waals surface area contributed by atoms with Crippen LogP contribution in [0.5, 0.6) is 0 Å². The highest BCUT2D eigenvalue weighted by Gasteiger charge is 2.10. The molecule has 0 heterocycles. The molecule has 0 aliphatic heterocycles. The minimum absolute atomic E-state index is 0.00227. The van der Waals surface area contributed by atoms with Crippen LogP contribution in [0.15, 0.2) is 12.1 Å². The van der Waals surface area contributed by atoms with Gasteiger partial charge in [0.25, 0.3) is 0 Å². The molecular formula is C11H13ClO2. The van der Waals surface area contributed by atoms with Crippen LogP contribution in [0.3, 0.4) is 0 Å². The molecule has 1 aromatic rings. The van der Waals surface area contributed by atoms with Gasteiger partial charge < -0.3 is 5.11 Å². The first-order valence-corrected chi connectivity index (χ1v) is 4.92. The molecule has 14 heavy (non-hydrogen) atoms. The van der Waals surface area contributed by atoms with E-state index in [4.69, 9.17) is 16.7 Å². The number of aryl methyl sites for hydroxylation is 2. The predicted molar refractivity (Wildman–Crippen MR) is 56.9 cm³/mol. The van der Waals surface area contributed by atoms with Gasteiger partial charge in [-0.2, -0.15) is 0 Å². The number of halogens is 1. The summed E-state index contributed by atoms with van der Waals surface area (Å²) in [5.41, 5.74) is 2.84. The van der Waals surface area contributed by atoms with Crippen molar-refractivity contribution in [3.8, 4) is 0 Å². The lowest BCUT2D eigenvalue weighted by Gasteiger charge is -2.09. The molecule has 0 unspecified atom stereocenters. The second-order valence-electron chi connectivity index (χ2n) is 3.31. The van der Waals surface area contributed by atoms with Gasteiger partial charge >= 0.3 is 5.97 Å². The molecule has 0 atom stereocenters. The van der Waals surface area contributed by atoms with Crippen molar-refractivity contribution >= 4 is 17.6 Å². The van der Waals surface area contributed by atoms with E-state index in [9.17, 15) is 4.79 Å². The van der Waals surface area contributed by atoms with Gasteiger partial charge in [0.2, 0.25) is 0 Å². The molecule has 0 saturated heterocycles. The van der Waals surface area contributed by atoms with Crippen molar-refractivity contribution in [2.45, 2.75) is 26.7 Å². The van der Waals surface area contributed by atoms with E-state index in [2.05, 4.69) is 0 Å². The summed E-state index contributed by atoms with van der Waals surface area (Å²) in [6.45, 7) is 3.95. The zero-order valence-electron chi connectivity index (χ0n) is 8.30. The quantitative estimate of drug-likeness (QED) is 0.837. The van der Waals surface area contributed by atoms with E-state index in [1.807, 2.05) is 19.9 Å².